The molecule has 80 valence electrons. The summed E-state index contributed by atoms with van der Waals surface area (Å²) in [4.78, 5) is 0. The zero-order chi connectivity index (χ0) is 10.7. The molecule has 15 heavy (non-hydrogen) atoms. The molecule has 1 heteroatoms. The van der Waals surface area contributed by atoms with Crippen LogP contribution in [0.2, 0.25) is 20.0 Å². The number of rotatable bonds is 4. The zero-order valence-corrected chi connectivity index (χ0v) is 11.8. The summed E-state index contributed by atoms with van der Waals surface area (Å²) >= 11 is -1.79. The van der Waals surface area contributed by atoms with Gasteiger partial charge >= 0.3 is 95.7 Å². The summed E-state index contributed by atoms with van der Waals surface area (Å²) in [5.74, 6) is 0. The molecule has 0 atom stereocenters. The van der Waals surface area contributed by atoms with Crippen LogP contribution < -0.4 is 0 Å². The molecule has 0 spiro atoms. The van der Waals surface area contributed by atoms with Crippen LogP contribution in [0.15, 0.2) is 48.6 Å². The summed E-state index contributed by atoms with van der Waals surface area (Å²) in [7, 11) is 0. The fourth-order valence-electron chi connectivity index (χ4n) is 3.05. The molecular formula is C14H20Ge. The third-order valence-corrected chi connectivity index (χ3v) is 16.9. The molecule has 2 aliphatic rings. The summed E-state index contributed by atoms with van der Waals surface area (Å²) in [5.41, 5.74) is 0. The molecule has 2 rings (SSSR count). The predicted octanol–water partition coefficient (Wildman–Crippen LogP) is 4.47. The van der Waals surface area contributed by atoms with Gasteiger partial charge in [0.2, 0.25) is 0 Å². The van der Waals surface area contributed by atoms with Crippen molar-refractivity contribution < 1.29 is 0 Å². The van der Waals surface area contributed by atoms with E-state index in [-0.39, 0.29) is 0 Å². The normalized spacial score (nSPS) is 20.9. The molecule has 0 saturated heterocycles. The van der Waals surface area contributed by atoms with Crippen LogP contribution in [-0.2, 0) is 0 Å². The van der Waals surface area contributed by atoms with Gasteiger partial charge in [0.1, 0.15) is 0 Å². The van der Waals surface area contributed by atoms with Gasteiger partial charge in [0.25, 0.3) is 0 Å². The molecule has 0 bridgehead atoms. The minimum absolute atomic E-state index is 0.803. The van der Waals surface area contributed by atoms with E-state index in [1.54, 1.807) is 0 Å². The zero-order valence-electron chi connectivity index (χ0n) is 9.69. The van der Waals surface area contributed by atoms with E-state index in [9.17, 15) is 0 Å². The molecule has 0 aromatic heterocycles. The second-order valence-corrected chi connectivity index (χ2v) is 15.5. The minimum atomic E-state index is -1.79. The average Bonchev–Trinajstić information content (AvgIpc) is 2.92. The van der Waals surface area contributed by atoms with E-state index >= 15 is 0 Å². The standard InChI is InChI=1S/C14H20Ge/c1-3-15(4-2,13-9-5-6-10-13)14-11-7-8-12-14/h5-14H,3-4H2,1-2H3. The van der Waals surface area contributed by atoms with Gasteiger partial charge in [-0.05, 0) is 0 Å². The van der Waals surface area contributed by atoms with Crippen molar-refractivity contribution in [3.63, 3.8) is 0 Å². The Bertz CT molecular complexity index is 275. The molecular weight excluding hydrogens is 241 g/mol. The third-order valence-electron chi connectivity index (χ3n) is 4.14. The van der Waals surface area contributed by atoms with Crippen LogP contribution in [-0.4, -0.2) is 13.3 Å². The number of hydrogen-bond acceptors (Lipinski definition) is 0. The Morgan fingerprint density at radius 3 is 1.33 bits per heavy atom. The van der Waals surface area contributed by atoms with Gasteiger partial charge in [-0.2, -0.15) is 0 Å². The molecule has 0 aromatic carbocycles. The molecule has 0 saturated carbocycles. The van der Waals surface area contributed by atoms with Crippen LogP contribution in [0.5, 0.6) is 0 Å². The molecule has 0 fully saturated rings. The van der Waals surface area contributed by atoms with Gasteiger partial charge in [-0.25, -0.2) is 0 Å². The predicted molar refractivity (Wildman–Crippen MR) is 70.8 cm³/mol. The van der Waals surface area contributed by atoms with E-state index in [2.05, 4.69) is 62.5 Å². The van der Waals surface area contributed by atoms with E-state index in [0.29, 0.717) is 0 Å². The van der Waals surface area contributed by atoms with E-state index in [0.717, 1.165) is 9.50 Å². The Morgan fingerprint density at radius 1 is 0.733 bits per heavy atom. The van der Waals surface area contributed by atoms with Gasteiger partial charge in [0.15, 0.2) is 0 Å². The quantitative estimate of drug-likeness (QED) is 0.655. The van der Waals surface area contributed by atoms with Gasteiger partial charge in [-0.15, -0.1) is 0 Å². The van der Waals surface area contributed by atoms with E-state index < -0.39 is 13.3 Å². The maximum absolute atomic E-state index is 2.44. The van der Waals surface area contributed by atoms with Crippen molar-refractivity contribution in [3.05, 3.63) is 48.6 Å². The topological polar surface area (TPSA) is 0 Å². The molecule has 0 heterocycles. The van der Waals surface area contributed by atoms with Crippen molar-refractivity contribution in [1.82, 2.24) is 0 Å². The van der Waals surface area contributed by atoms with Crippen LogP contribution in [0.25, 0.3) is 0 Å². The Kier molecular flexibility index (Phi) is 3.35. The molecule has 0 aromatic rings. The first-order chi connectivity index (χ1) is 7.33. The summed E-state index contributed by atoms with van der Waals surface area (Å²) in [6.45, 7) is 4.81. The summed E-state index contributed by atoms with van der Waals surface area (Å²) in [6, 6.07) is 0. The SMILES string of the molecule is C[CH2][Ge]([CH2]C)([CH]1C=CC=C1)[CH]1C=CC=C1. The summed E-state index contributed by atoms with van der Waals surface area (Å²) in [6.07, 6.45) is 18.7. The number of allylic oxidation sites excluding steroid dienone is 8. The third kappa shape index (κ3) is 1.80. The van der Waals surface area contributed by atoms with Crippen molar-refractivity contribution in [2.75, 3.05) is 0 Å². The number of hydrogen-bond donors (Lipinski definition) is 0. The van der Waals surface area contributed by atoms with Crippen molar-refractivity contribution in [2.24, 2.45) is 0 Å². The maximum atomic E-state index is 2.44. The Balaban J connectivity index is 2.29. The Morgan fingerprint density at radius 2 is 1.07 bits per heavy atom. The molecule has 2 aliphatic carbocycles. The molecule has 0 nitrogen and oxygen atoms in total. The van der Waals surface area contributed by atoms with Crippen LogP contribution in [0, 0.1) is 0 Å². The van der Waals surface area contributed by atoms with Crippen molar-refractivity contribution in [1.29, 1.82) is 0 Å². The van der Waals surface area contributed by atoms with Crippen LogP contribution in [0.4, 0.5) is 0 Å². The first kappa shape index (κ1) is 11.0. The molecule has 0 N–H and O–H groups in total. The van der Waals surface area contributed by atoms with Crippen molar-refractivity contribution in [2.45, 2.75) is 33.9 Å². The van der Waals surface area contributed by atoms with Crippen molar-refractivity contribution >= 4 is 13.3 Å². The van der Waals surface area contributed by atoms with E-state index in [1.165, 1.54) is 10.5 Å². The summed E-state index contributed by atoms with van der Waals surface area (Å²) < 4.78 is 1.61. The van der Waals surface area contributed by atoms with Gasteiger partial charge in [-0.3, -0.25) is 0 Å². The summed E-state index contributed by atoms with van der Waals surface area (Å²) in [5, 5.41) is 2.85. The van der Waals surface area contributed by atoms with E-state index in [4.69, 9.17) is 0 Å². The van der Waals surface area contributed by atoms with Crippen molar-refractivity contribution in [3.8, 4) is 0 Å². The van der Waals surface area contributed by atoms with Crippen LogP contribution in [0.3, 0.4) is 0 Å². The fraction of sp³-hybridized carbons (Fsp3) is 0.429. The van der Waals surface area contributed by atoms with Gasteiger partial charge in [-0.1, -0.05) is 0 Å². The van der Waals surface area contributed by atoms with Gasteiger partial charge in [0, 0.05) is 0 Å². The molecule has 0 aliphatic heterocycles. The first-order valence-corrected chi connectivity index (χ1v) is 11.4. The monoisotopic (exact) mass is 262 g/mol. The average molecular weight is 261 g/mol. The van der Waals surface area contributed by atoms with Crippen LogP contribution in [0.1, 0.15) is 13.8 Å². The van der Waals surface area contributed by atoms with Gasteiger partial charge < -0.3 is 0 Å². The molecule has 0 radical (unpaired) electrons. The Hall–Kier alpha value is -0.497. The fourth-order valence-corrected chi connectivity index (χ4v) is 13.1. The van der Waals surface area contributed by atoms with E-state index in [1.807, 2.05) is 0 Å². The molecule has 0 amide bonds. The Labute approximate surface area is 95.8 Å². The second kappa shape index (κ2) is 4.57. The molecule has 0 unspecified atom stereocenters. The first-order valence-electron chi connectivity index (χ1n) is 6.03. The van der Waals surface area contributed by atoms with Gasteiger partial charge in [0.05, 0.1) is 0 Å². The second-order valence-electron chi connectivity index (χ2n) is 4.53. The van der Waals surface area contributed by atoms with Crippen LogP contribution >= 0.6 is 0 Å².